The third kappa shape index (κ3) is 2.17. The molecule has 0 radical (unpaired) electrons. The van der Waals surface area contributed by atoms with Crippen LogP contribution >= 0.6 is 0 Å². The van der Waals surface area contributed by atoms with Crippen molar-refractivity contribution >= 4 is 17.0 Å². The number of nitrogens with zero attached hydrogens (tertiary/aromatic N) is 2. The van der Waals surface area contributed by atoms with Gasteiger partial charge in [-0.05, 0) is 6.92 Å². The summed E-state index contributed by atoms with van der Waals surface area (Å²) in [7, 11) is 0. The number of fused-ring (bicyclic) bond motifs is 1. The molecule has 0 aliphatic carbocycles. The number of aliphatic hydroxyl groups excluding tert-OH is 1. The number of halogens is 2. The molecule has 8 nitrogen and oxygen atoms in total. The number of hydrogen-bond acceptors (Lipinski definition) is 6. The van der Waals surface area contributed by atoms with Crippen molar-refractivity contribution in [3.8, 4) is 11.8 Å². The first-order valence-corrected chi connectivity index (χ1v) is 6.75. The third-order valence-electron chi connectivity index (χ3n) is 3.70. The molecule has 0 bridgehead atoms. The van der Waals surface area contributed by atoms with E-state index < -0.39 is 47.4 Å². The first-order valence-electron chi connectivity index (χ1n) is 7.75. The summed E-state index contributed by atoms with van der Waals surface area (Å²) < 4.78 is 50.2. The maximum absolute atomic E-state index is 15.5. The molecule has 0 aromatic carbocycles. The van der Waals surface area contributed by atoms with Crippen LogP contribution in [0.2, 0.25) is 0 Å². The topological polar surface area (TPSA) is 126 Å². The van der Waals surface area contributed by atoms with E-state index in [1.165, 1.54) is 6.92 Å². The molecule has 1 aliphatic rings. The average molecular weight is 342 g/mol. The lowest BCUT2D eigenvalue weighted by Gasteiger charge is -2.24. The molecule has 0 spiro atoms. The third-order valence-corrected chi connectivity index (χ3v) is 3.70. The SMILES string of the molecule is [2H]C([2H])(O)[C@H]1O[C@@H](n2cc(F)c3c(=O)[nH]c(N)nc32)C(F)(C#CC)[C@H]1O. The van der Waals surface area contributed by atoms with Gasteiger partial charge in [-0.3, -0.25) is 14.3 Å². The molecule has 0 amide bonds. The minimum Gasteiger partial charge on any atom is -0.394 e. The van der Waals surface area contributed by atoms with E-state index in [1.807, 2.05) is 0 Å². The molecule has 5 N–H and O–H groups in total. The van der Waals surface area contributed by atoms with Crippen molar-refractivity contribution in [1.82, 2.24) is 14.5 Å². The van der Waals surface area contributed by atoms with E-state index >= 15 is 4.39 Å². The Hall–Kier alpha value is -2.48. The van der Waals surface area contributed by atoms with Crippen LogP contribution in [0.5, 0.6) is 0 Å². The van der Waals surface area contributed by atoms with Crippen molar-refractivity contribution < 1.29 is 26.5 Å². The first-order chi connectivity index (χ1) is 12.0. The van der Waals surface area contributed by atoms with Gasteiger partial charge in [0.15, 0.2) is 17.7 Å². The van der Waals surface area contributed by atoms with Gasteiger partial charge < -0.3 is 20.7 Å². The summed E-state index contributed by atoms with van der Waals surface area (Å²) in [6, 6.07) is 0. The number of hydrogen-bond donors (Lipinski definition) is 4. The van der Waals surface area contributed by atoms with Crippen molar-refractivity contribution in [1.29, 1.82) is 0 Å². The Morgan fingerprint density at radius 1 is 1.71 bits per heavy atom. The average Bonchev–Trinajstić information content (AvgIpc) is 2.95. The van der Waals surface area contributed by atoms with E-state index in [0.717, 1.165) is 4.57 Å². The Morgan fingerprint density at radius 2 is 2.42 bits per heavy atom. The zero-order valence-corrected chi connectivity index (χ0v) is 12.2. The molecule has 1 saturated heterocycles. The van der Waals surface area contributed by atoms with Crippen molar-refractivity contribution in [2.75, 3.05) is 12.3 Å². The fraction of sp³-hybridized carbons (Fsp3) is 0.429. The number of ether oxygens (including phenoxy) is 1. The summed E-state index contributed by atoms with van der Waals surface area (Å²) in [5, 5.41) is 19.2. The lowest BCUT2D eigenvalue weighted by Crippen LogP contribution is -2.42. The van der Waals surface area contributed by atoms with Crippen molar-refractivity contribution in [3.05, 3.63) is 22.4 Å². The molecule has 1 fully saturated rings. The Bertz CT molecular complexity index is 993. The van der Waals surface area contributed by atoms with Gasteiger partial charge in [0.2, 0.25) is 11.6 Å². The highest BCUT2D eigenvalue weighted by atomic mass is 19.1. The van der Waals surface area contributed by atoms with Gasteiger partial charge >= 0.3 is 0 Å². The molecule has 3 heterocycles. The number of aromatic nitrogens is 3. The number of aliphatic hydroxyl groups is 2. The number of H-pyrrole nitrogens is 1. The normalized spacial score (nSPS) is 31.5. The molecule has 3 rings (SSSR count). The minimum absolute atomic E-state index is 0.375. The van der Waals surface area contributed by atoms with Crippen LogP contribution in [-0.2, 0) is 4.74 Å². The van der Waals surface area contributed by atoms with Gasteiger partial charge in [-0.1, -0.05) is 5.92 Å². The highest BCUT2D eigenvalue weighted by Gasteiger charge is 2.57. The summed E-state index contributed by atoms with van der Waals surface area (Å²) in [5.41, 5.74) is 1.21. The van der Waals surface area contributed by atoms with E-state index in [1.54, 1.807) is 0 Å². The summed E-state index contributed by atoms with van der Waals surface area (Å²) in [4.78, 5) is 17.7. The highest BCUT2D eigenvalue weighted by Crippen LogP contribution is 2.42. The molecule has 1 aliphatic heterocycles. The van der Waals surface area contributed by atoms with Crippen LogP contribution in [0.15, 0.2) is 11.0 Å². The van der Waals surface area contributed by atoms with Crippen molar-refractivity contribution in [2.45, 2.75) is 31.0 Å². The Balaban J connectivity index is 2.26. The predicted molar refractivity (Wildman–Crippen MR) is 79.0 cm³/mol. The van der Waals surface area contributed by atoms with Crippen molar-refractivity contribution in [3.63, 3.8) is 0 Å². The van der Waals surface area contributed by atoms with Crippen LogP contribution in [0.4, 0.5) is 14.7 Å². The summed E-state index contributed by atoms with van der Waals surface area (Å²) in [6.07, 6.45) is -5.44. The number of alkyl halides is 1. The second-order valence-electron chi connectivity index (χ2n) is 5.16. The van der Waals surface area contributed by atoms with Gasteiger partial charge in [0.05, 0.1) is 9.30 Å². The smallest absolute Gasteiger partial charge is 0.264 e. The monoisotopic (exact) mass is 342 g/mol. The second-order valence-corrected chi connectivity index (χ2v) is 5.16. The van der Waals surface area contributed by atoms with E-state index in [0.29, 0.717) is 6.20 Å². The van der Waals surface area contributed by atoms with Gasteiger partial charge in [0.25, 0.3) is 5.56 Å². The lowest BCUT2D eigenvalue weighted by molar-refractivity contribution is -0.0503. The van der Waals surface area contributed by atoms with Crippen LogP contribution < -0.4 is 11.3 Å². The number of nitrogens with two attached hydrogens (primary N) is 1. The summed E-state index contributed by atoms with van der Waals surface area (Å²) in [5.74, 6) is 2.87. The Labute approximate surface area is 136 Å². The van der Waals surface area contributed by atoms with Crippen LogP contribution in [0, 0.1) is 17.7 Å². The largest absolute Gasteiger partial charge is 0.394 e. The zero-order chi connectivity index (χ0) is 19.4. The van der Waals surface area contributed by atoms with Gasteiger partial charge in [-0.2, -0.15) is 4.98 Å². The zero-order valence-electron chi connectivity index (χ0n) is 14.2. The summed E-state index contributed by atoms with van der Waals surface area (Å²) in [6.45, 7) is -1.85. The fourth-order valence-electron chi connectivity index (χ4n) is 2.68. The lowest BCUT2D eigenvalue weighted by atomic mass is 9.96. The van der Waals surface area contributed by atoms with Crippen molar-refractivity contribution in [2.24, 2.45) is 0 Å². The molecule has 0 saturated carbocycles. The van der Waals surface area contributed by atoms with Crippen LogP contribution in [0.1, 0.15) is 15.9 Å². The predicted octanol–water partition coefficient (Wildman–Crippen LogP) is -0.572. The molecule has 1 unspecified atom stereocenters. The van der Waals surface area contributed by atoms with E-state index in [2.05, 4.69) is 21.8 Å². The molecule has 24 heavy (non-hydrogen) atoms. The molecular weight excluding hydrogens is 326 g/mol. The van der Waals surface area contributed by atoms with E-state index in [9.17, 15) is 19.4 Å². The van der Waals surface area contributed by atoms with Crippen LogP contribution in [0.3, 0.4) is 0 Å². The van der Waals surface area contributed by atoms with E-state index in [-0.39, 0.29) is 11.6 Å². The van der Waals surface area contributed by atoms with Gasteiger partial charge in [-0.15, -0.1) is 5.92 Å². The highest BCUT2D eigenvalue weighted by molar-refractivity contribution is 5.77. The maximum atomic E-state index is 15.5. The Kier molecular flexibility index (Phi) is 3.22. The van der Waals surface area contributed by atoms with Gasteiger partial charge in [0, 0.05) is 6.20 Å². The van der Waals surface area contributed by atoms with Crippen LogP contribution in [-0.4, -0.2) is 49.2 Å². The number of rotatable bonds is 2. The standard InChI is InChI=1S/C14H14F2N4O4/c1-2-3-14(16)9(22)7(5-21)24-12(14)20-4-6(15)8-10(20)18-13(17)19-11(8)23/h4,7,9,12,21-22H,5H2,1H3,(H3,17,18,19,23)/t7-,9+,12-,14?/m1/s1/i5D2. The van der Waals surface area contributed by atoms with Crippen LogP contribution in [0.25, 0.3) is 11.0 Å². The Morgan fingerprint density at radius 3 is 3.04 bits per heavy atom. The number of nitrogens with one attached hydrogen (secondary N) is 1. The molecule has 128 valence electrons. The minimum atomic E-state index is -3.12. The van der Waals surface area contributed by atoms with Gasteiger partial charge in [-0.25, -0.2) is 8.78 Å². The fourth-order valence-corrected chi connectivity index (χ4v) is 2.68. The second kappa shape index (κ2) is 5.55. The quantitative estimate of drug-likeness (QED) is 0.541. The number of anilines is 1. The molecule has 4 atom stereocenters. The molecule has 2 aromatic rings. The maximum Gasteiger partial charge on any atom is 0.264 e. The van der Waals surface area contributed by atoms with Gasteiger partial charge in [0.1, 0.15) is 17.6 Å². The molecular formula is C14H14F2N4O4. The number of aromatic amines is 1. The number of nitrogen functional groups attached to an aromatic ring is 1. The molecule has 10 heteroatoms. The first kappa shape index (κ1) is 13.9. The summed E-state index contributed by atoms with van der Waals surface area (Å²) >= 11 is 0. The van der Waals surface area contributed by atoms with E-state index in [4.69, 9.17) is 13.2 Å². The molecule has 2 aromatic heterocycles.